The van der Waals surface area contributed by atoms with Gasteiger partial charge in [-0.1, -0.05) is 36.4 Å². The number of thiophene rings is 1. The Balaban J connectivity index is 0.000000817. The van der Waals surface area contributed by atoms with Crippen LogP contribution in [-0.4, -0.2) is 42.6 Å². The van der Waals surface area contributed by atoms with E-state index in [1.165, 1.54) is 6.07 Å². The smallest absolute Gasteiger partial charge is 0.290 e. The lowest BCUT2D eigenvalue weighted by molar-refractivity contribution is -0.123. The van der Waals surface area contributed by atoms with Crippen molar-refractivity contribution in [2.75, 3.05) is 11.9 Å². The van der Waals surface area contributed by atoms with Crippen molar-refractivity contribution < 1.29 is 23.1 Å². The first-order valence-electron chi connectivity index (χ1n) is 7.47. The molecule has 0 fully saturated rings. The number of nitrogens with one attached hydrogen (secondary N) is 3. The molecule has 3 aromatic rings. The van der Waals surface area contributed by atoms with Crippen LogP contribution in [0.4, 0.5) is 5.82 Å². The third kappa shape index (κ3) is 5.74. The maximum absolute atomic E-state index is 12.0. The monoisotopic (exact) mass is 408 g/mol. The zero-order valence-electron chi connectivity index (χ0n) is 13.8. The number of amides is 1. The molecule has 2 heterocycles. The van der Waals surface area contributed by atoms with E-state index in [1.54, 1.807) is 17.6 Å². The van der Waals surface area contributed by atoms with Crippen LogP contribution in [0.2, 0.25) is 0 Å². The number of hydrogen-bond acceptors (Lipinski definition) is 6. The number of sulfonamides is 1. The first kappa shape index (κ1) is 20.3. The Hall–Kier alpha value is -3.02. The zero-order valence-corrected chi connectivity index (χ0v) is 15.5. The number of hydrogen-bond donors (Lipinski definition) is 4. The van der Waals surface area contributed by atoms with Gasteiger partial charge in [0.05, 0.1) is 12.7 Å². The van der Waals surface area contributed by atoms with E-state index >= 15 is 0 Å². The minimum Gasteiger partial charge on any atom is -0.483 e. The minimum atomic E-state index is -3.67. The average Bonchev–Trinajstić information content (AvgIpc) is 3.34. The molecule has 1 amide bonds. The van der Waals surface area contributed by atoms with Gasteiger partial charge in [-0.05, 0) is 17.0 Å². The number of anilines is 1. The normalized spacial score (nSPS) is 10.5. The quantitative estimate of drug-likeness (QED) is 0.458. The van der Waals surface area contributed by atoms with E-state index < -0.39 is 15.9 Å². The topological polar surface area (TPSA) is 141 Å². The molecule has 142 valence electrons. The lowest BCUT2D eigenvalue weighted by Gasteiger charge is -2.07. The predicted octanol–water partition coefficient (Wildman–Crippen LogP) is 1.76. The van der Waals surface area contributed by atoms with E-state index in [1.807, 2.05) is 30.3 Å². The molecule has 0 bridgehead atoms. The molecule has 4 N–H and O–H groups in total. The number of rotatable bonds is 6. The van der Waals surface area contributed by atoms with Crippen LogP contribution >= 0.6 is 11.3 Å². The second-order valence-electron chi connectivity index (χ2n) is 4.93. The van der Waals surface area contributed by atoms with Gasteiger partial charge in [0.25, 0.3) is 16.5 Å². The summed E-state index contributed by atoms with van der Waals surface area (Å²) in [6.45, 7) is -0.618. The van der Waals surface area contributed by atoms with Crippen molar-refractivity contribution in [2.24, 2.45) is 0 Å². The van der Waals surface area contributed by atoms with Gasteiger partial charge in [-0.2, -0.15) is 5.10 Å². The van der Waals surface area contributed by atoms with Gasteiger partial charge < -0.3 is 10.4 Å². The van der Waals surface area contributed by atoms with Crippen molar-refractivity contribution in [1.82, 2.24) is 14.9 Å². The third-order valence-electron chi connectivity index (χ3n) is 3.17. The highest BCUT2D eigenvalue weighted by molar-refractivity contribution is 7.91. The first-order chi connectivity index (χ1) is 13.0. The lowest BCUT2D eigenvalue weighted by Crippen LogP contribution is -2.32. The number of carbonyl (C=O) groups is 2. The first-order valence-corrected chi connectivity index (χ1v) is 9.84. The standard InChI is InChI=1S/C15H14N4O3S2.CH2O2/c20-13(10-17-24(21,22)14-7-4-8-23-14)18-15-12(9-16-19-15)11-5-2-1-3-6-11;2-1-3/h1-9,17H,10H2,(H2,16,18,19,20);1H,(H,2,3). The van der Waals surface area contributed by atoms with Crippen LogP contribution in [-0.2, 0) is 19.6 Å². The van der Waals surface area contributed by atoms with Gasteiger partial charge in [0, 0.05) is 5.56 Å². The lowest BCUT2D eigenvalue weighted by atomic mass is 10.1. The van der Waals surface area contributed by atoms with Crippen LogP contribution in [0.15, 0.2) is 58.3 Å². The molecule has 11 heteroatoms. The van der Waals surface area contributed by atoms with E-state index in [0.29, 0.717) is 5.82 Å². The summed E-state index contributed by atoms with van der Waals surface area (Å²) in [5, 5.41) is 17.8. The second kappa shape index (κ2) is 9.62. The van der Waals surface area contributed by atoms with Crippen LogP contribution in [0.3, 0.4) is 0 Å². The fourth-order valence-corrected chi connectivity index (χ4v) is 4.07. The van der Waals surface area contributed by atoms with E-state index in [-0.39, 0.29) is 17.2 Å². The van der Waals surface area contributed by atoms with E-state index in [0.717, 1.165) is 22.5 Å². The number of nitrogens with zero attached hydrogens (tertiary/aromatic N) is 1. The molecule has 2 aromatic heterocycles. The number of aromatic nitrogens is 2. The van der Waals surface area contributed by atoms with Crippen molar-refractivity contribution >= 4 is 39.6 Å². The van der Waals surface area contributed by atoms with Gasteiger partial charge in [0.2, 0.25) is 5.91 Å². The van der Waals surface area contributed by atoms with Gasteiger partial charge in [0.1, 0.15) is 10.0 Å². The molecule has 0 spiro atoms. The Morgan fingerprint density at radius 2 is 1.93 bits per heavy atom. The molecule has 0 unspecified atom stereocenters. The van der Waals surface area contributed by atoms with Crippen molar-refractivity contribution in [3.05, 3.63) is 54.0 Å². The van der Waals surface area contributed by atoms with E-state index in [2.05, 4.69) is 20.2 Å². The van der Waals surface area contributed by atoms with Crippen LogP contribution in [0.5, 0.6) is 0 Å². The number of carbonyl (C=O) groups excluding carboxylic acids is 1. The summed E-state index contributed by atoms with van der Waals surface area (Å²) >= 11 is 1.09. The van der Waals surface area contributed by atoms with Gasteiger partial charge in [0.15, 0.2) is 0 Å². The highest BCUT2D eigenvalue weighted by atomic mass is 32.2. The maximum atomic E-state index is 12.0. The Morgan fingerprint density at radius 1 is 1.22 bits per heavy atom. The highest BCUT2D eigenvalue weighted by Crippen LogP contribution is 2.25. The number of benzene rings is 1. The van der Waals surface area contributed by atoms with Gasteiger partial charge in [-0.25, -0.2) is 13.1 Å². The maximum Gasteiger partial charge on any atom is 0.290 e. The van der Waals surface area contributed by atoms with Crippen LogP contribution in [0, 0.1) is 0 Å². The summed E-state index contributed by atoms with van der Waals surface area (Å²) in [6, 6.07) is 12.5. The molecule has 0 saturated heterocycles. The summed E-state index contributed by atoms with van der Waals surface area (Å²) in [7, 11) is -3.67. The van der Waals surface area contributed by atoms with Crippen molar-refractivity contribution in [3.63, 3.8) is 0 Å². The SMILES string of the molecule is O=C(CNS(=O)(=O)c1cccs1)Nc1[nH]ncc1-c1ccccc1.O=CO. The molecule has 9 nitrogen and oxygen atoms in total. The Kier molecular flexibility index (Phi) is 7.23. The second-order valence-corrected chi connectivity index (χ2v) is 7.88. The summed E-state index contributed by atoms with van der Waals surface area (Å²) in [4.78, 5) is 20.4. The van der Waals surface area contributed by atoms with E-state index in [4.69, 9.17) is 9.90 Å². The molecule has 27 heavy (non-hydrogen) atoms. The molecule has 0 saturated carbocycles. The molecule has 0 aliphatic heterocycles. The minimum absolute atomic E-state index is 0.168. The molecule has 0 aliphatic carbocycles. The fourth-order valence-electron chi connectivity index (χ4n) is 2.05. The van der Waals surface area contributed by atoms with E-state index in [9.17, 15) is 13.2 Å². The Bertz CT molecular complexity index is 969. The van der Waals surface area contributed by atoms with Crippen molar-refractivity contribution in [3.8, 4) is 11.1 Å². The Labute approximate surface area is 159 Å². The van der Waals surface area contributed by atoms with Crippen molar-refractivity contribution in [2.45, 2.75) is 4.21 Å². The zero-order chi connectivity index (χ0) is 19.7. The average molecular weight is 408 g/mol. The fraction of sp³-hybridized carbons (Fsp3) is 0.0625. The van der Waals surface area contributed by atoms with Crippen molar-refractivity contribution in [1.29, 1.82) is 0 Å². The van der Waals surface area contributed by atoms with Crippen LogP contribution < -0.4 is 10.0 Å². The summed E-state index contributed by atoms with van der Waals surface area (Å²) in [6.07, 6.45) is 1.60. The number of aromatic amines is 1. The van der Waals surface area contributed by atoms with Gasteiger partial charge in [-0.3, -0.25) is 14.7 Å². The third-order valence-corrected chi connectivity index (χ3v) is 5.97. The summed E-state index contributed by atoms with van der Waals surface area (Å²) in [5.74, 6) is -0.0712. The largest absolute Gasteiger partial charge is 0.483 e. The molecule has 3 rings (SSSR count). The molecular formula is C16H16N4O5S2. The molecule has 0 atom stereocenters. The molecule has 0 aliphatic rings. The van der Waals surface area contributed by atoms with Crippen LogP contribution in [0.1, 0.15) is 0 Å². The summed E-state index contributed by atoms with van der Waals surface area (Å²) < 4.78 is 26.4. The number of carboxylic acid groups (broad SMARTS) is 1. The van der Waals surface area contributed by atoms with Gasteiger partial charge >= 0.3 is 0 Å². The number of H-pyrrole nitrogens is 1. The molecule has 1 aromatic carbocycles. The molecule has 0 radical (unpaired) electrons. The Morgan fingerprint density at radius 3 is 2.56 bits per heavy atom. The molecular weight excluding hydrogens is 392 g/mol. The van der Waals surface area contributed by atoms with Gasteiger partial charge in [-0.15, -0.1) is 11.3 Å². The summed E-state index contributed by atoms with van der Waals surface area (Å²) in [5.41, 5.74) is 1.62. The highest BCUT2D eigenvalue weighted by Gasteiger charge is 2.17. The predicted molar refractivity (Wildman–Crippen MR) is 101 cm³/mol. The van der Waals surface area contributed by atoms with Crippen LogP contribution in [0.25, 0.3) is 11.1 Å².